The number of fused-ring (bicyclic) bond motifs is 1. The molecule has 1 unspecified atom stereocenters. The van der Waals surface area contributed by atoms with E-state index in [0.717, 1.165) is 11.1 Å². The summed E-state index contributed by atoms with van der Waals surface area (Å²) in [5.41, 5.74) is 1.88. The molecule has 0 saturated heterocycles. The van der Waals surface area contributed by atoms with Crippen molar-refractivity contribution in [3.8, 4) is 6.07 Å². The van der Waals surface area contributed by atoms with Crippen LogP contribution < -0.4 is 5.32 Å². The van der Waals surface area contributed by atoms with E-state index in [-0.39, 0.29) is 22.9 Å². The SMILES string of the molecule is CNC(=O)C1Cc2ccccc2CN1S(=O)(=O)c1ccccc1C#N. The van der Waals surface area contributed by atoms with Crippen LogP contribution in [0.2, 0.25) is 0 Å². The molecule has 1 heterocycles. The van der Waals surface area contributed by atoms with Gasteiger partial charge in [0.15, 0.2) is 0 Å². The molecule has 0 saturated carbocycles. The Morgan fingerprint density at radius 1 is 1.16 bits per heavy atom. The highest BCUT2D eigenvalue weighted by Gasteiger charge is 2.39. The smallest absolute Gasteiger partial charge is 0.245 e. The Labute approximate surface area is 146 Å². The van der Waals surface area contributed by atoms with Gasteiger partial charge in [0.05, 0.1) is 10.5 Å². The van der Waals surface area contributed by atoms with Crippen molar-refractivity contribution < 1.29 is 13.2 Å². The number of carbonyl (C=O) groups is 1. The predicted molar refractivity (Wildman–Crippen MR) is 91.9 cm³/mol. The normalized spacial score (nSPS) is 17.4. The summed E-state index contributed by atoms with van der Waals surface area (Å²) in [5, 5.41) is 11.8. The summed E-state index contributed by atoms with van der Waals surface area (Å²) >= 11 is 0. The largest absolute Gasteiger partial charge is 0.358 e. The molecule has 0 radical (unpaired) electrons. The van der Waals surface area contributed by atoms with E-state index in [1.165, 1.54) is 23.5 Å². The van der Waals surface area contributed by atoms with Crippen LogP contribution in [0.5, 0.6) is 0 Å². The van der Waals surface area contributed by atoms with E-state index >= 15 is 0 Å². The van der Waals surface area contributed by atoms with Crippen LogP contribution in [0.25, 0.3) is 0 Å². The van der Waals surface area contributed by atoms with Gasteiger partial charge < -0.3 is 5.32 Å². The van der Waals surface area contributed by atoms with Crippen molar-refractivity contribution in [2.75, 3.05) is 7.05 Å². The number of sulfonamides is 1. The van der Waals surface area contributed by atoms with Crippen LogP contribution in [-0.2, 0) is 27.8 Å². The third-order valence-corrected chi connectivity index (χ3v) is 6.26. The van der Waals surface area contributed by atoms with Crippen molar-refractivity contribution in [2.24, 2.45) is 0 Å². The van der Waals surface area contributed by atoms with E-state index in [9.17, 15) is 18.5 Å². The Hall–Kier alpha value is -2.69. The molecule has 0 bridgehead atoms. The number of hydrogen-bond donors (Lipinski definition) is 1. The Morgan fingerprint density at radius 2 is 1.80 bits per heavy atom. The molecule has 0 aromatic heterocycles. The van der Waals surface area contributed by atoms with Gasteiger partial charge in [0, 0.05) is 13.6 Å². The van der Waals surface area contributed by atoms with Crippen molar-refractivity contribution in [3.63, 3.8) is 0 Å². The molecule has 0 spiro atoms. The fourth-order valence-corrected chi connectivity index (χ4v) is 4.76. The molecule has 1 amide bonds. The number of carbonyl (C=O) groups excluding carboxylic acids is 1. The Morgan fingerprint density at radius 3 is 2.48 bits per heavy atom. The molecular formula is C18H17N3O3S. The van der Waals surface area contributed by atoms with Gasteiger partial charge in [-0.1, -0.05) is 36.4 Å². The van der Waals surface area contributed by atoms with Crippen LogP contribution in [0, 0.1) is 11.3 Å². The standard InChI is InChI=1S/C18H17N3O3S/c1-20-18(22)16-10-13-6-2-3-8-15(13)12-21(16)25(23,24)17-9-5-4-7-14(17)11-19/h2-9,16H,10,12H2,1H3,(H,20,22). The highest BCUT2D eigenvalue weighted by atomic mass is 32.2. The fourth-order valence-electron chi connectivity index (χ4n) is 3.05. The molecule has 0 aliphatic carbocycles. The van der Waals surface area contributed by atoms with Crippen LogP contribution in [0.1, 0.15) is 16.7 Å². The summed E-state index contributed by atoms with van der Waals surface area (Å²) < 4.78 is 27.6. The molecule has 1 aliphatic rings. The number of nitriles is 1. The molecule has 128 valence electrons. The van der Waals surface area contributed by atoms with E-state index < -0.39 is 16.1 Å². The van der Waals surface area contributed by atoms with Gasteiger partial charge in [0.2, 0.25) is 15.9 Å². The minimum Gasteiger partial charge on any atom is -0.358 e. The van der Waals surface area contributed by atoms with Crippen molar-refractivity contribution in [3.05, 3.63) is 65.2 Å². The summed E-state index contributed by atoms with van der Waals surface area (Å²) in [6, 6.07) is 14.6. The fraction of sp³-hybridized carbons (Fsp3) is 0.222. The van der Waals surface area contributed by atoms with Gasteiger partial charge in [-0.25, -0.2) is 8.42 Å². The summed E-state index contributed by atoms with van der Waals surface area (Å²) in [6.45, 7) is 0.0936. The van der Waals surface area contributed by atoms with E-state index in [0.29, 0.717) is 6.42 Å². The number of nitrogens with one attached hydrogen (secondary N) is 1. The maximum atomic E-state index is 13.2. The van der Waals surface area contributed by atoms with Gasteiger partial charge in [-0.05, 0) is 29.7 Å². The zero-order chi connectivity index (χ0) is 18.0. The van der Waals surface area contributed by atoms with E-state index in [2.05, 4.69) is 5.32 Å². The number of likely N-dealkylation sites (N-methyl/N-ethyl adjacent to an activating group) is 1. The molecule has 6 nitrogen and oxygen atoms in total. The topological polar surface area (TPSA) is 90.3 Å². The second-order valence-corrected chi connectivity index (χ2v) is 7.62. The second kappa shape index (κ2) is 6.67. The van der Waals surface area contributed by atoms with Crippen molar-refractivity contribution >= 4 is 15.9 Å². The third kappa shape index (κ3) is 3.02. The minimum atomic E-state index is -4.00. The lowest BCUT2D eigenvalue weighted by Crippen LogP contribution is -2.51. The first kappa shape index (κ1) is 17.1. The lowest BCUT2D eigenvalue weighted by molar-refractivity contribution is -0.124. The zero-order valence-electron chi connectivity index (χ0n) is 13.6. The minimum absolute atomic E-state index is 0.0667. The van der Waals surface area contributed by atoms with Crippen LogP contribution in [0.15, 0.2) is 53.4 Å². The predicted octanol–water partition coefficient (Wildman–Crippen LogP) is 1.42. The molecule has 7 heteroatoms. The average Bonchev–Trinajstić information content (AvgIpc) is 2.66. The average molecular weight is 355 g/mol. The van der Waals surface area contributed by atoms with Crippen LogP contribution in [0.4, 0.5) is 0 Å². The quantitative estimate of drug-likeness (QED) is 0.901. The summed E-state index contributed by atoms with van der Waals surface area (Å²) in [5.74, 6) is -0.368. The summed E-state index contributed by atoms with van der Waals surface area (Å²) in [7, 11) is -2.52. The van der Waals surface area contributed by atoms with E-state index in [4.69, 9.17) is 0 Å². The number of hydrogen-bond acceptors (Lipinski definition) is 4. The van der Waals surface area contributed by atoms with Gasteiger partial charge in [-0.2, -0.15) is 9.57 Å². The maximum Gasteiger partial charge on any atom is 0.245 e. The zero-order valence-corrected chi connectivity index (χ0v) is 14.5. The lowest BCUT2D eigenvalue weighted by atomic mass is 9.95. The Balaban J connectivity index is 2.12. The van der Waals surface area contributed by atoms with Gasteiger partial charge in [0.1, 0.15) is 12.1 Å². The van der Waals surface area contributed by atoms with Crippen LogP contribution in [0.3, 0.4) is 0 Å². The maximum absolute atomic E-state index is 13.2. The molecule has 2 aromatic carbocycles. The Kier molecular flexibility index (Phi) is 4.57. The van der Waals surface area contributed by atoms with Gasteiger partial charge in [0.25, 0.3) is 0 Å². The summed E-state index contributed by atoms with van der Waals surface area (Å²) in [4.78, 5) is 12.3. The van der Waals surface area contributed by atoms with E-state index in [1.54, 1.807) is 12.1 Å². The third-order valence-electron chi connectivity index (χ3n) is 4.35. The monoisotopic (exact) mass is 355 g/mol. The molecule has 1 N–H and O–H groups in total. The molecule has 2 aromatic rings. The lowest BCUT2D eigenvalue weighted by Gasteiger charge is -2.34. The second-order valence-electron chi connectivity index (χ2n) is 5.76. The van der Waals surface area contributed by atoms with Crippen LogP contribution in [-0.4, -0.2) is 31.7 Å². The highest BCUT2D eigenvalue weighted by molar-refractivity contribution is 7.89. The number of benzene rings is 2. The number of rotatable bonds is 3. The van der Waals surface area contributed by atoms with Crippen LogP contribution >= 0.6 is 0 Å². The number of amides is 1. The summed E-state index contributed by atoms with van der Waals surface area (Å²) in [6.07, 6.45) is 0.295. The number of nitrogens with zero attached hydrogens (tertiary/aromatic N) is 2. The first-order chi connectivity index (χ1) is 12.0. The van der Waals surface area contributed by atoms with Gasteiger partial charge >= 0.3 is 0 Å². The molecular weight excluding hydrogens is 338 g/mol. The molecule has 1 atom stereocenters. The van der Waals surface area contributed by atoms with Gasteiger partial charge in [-0.3, -0.25) is 4.79 Å². The van der Waals surface area contributed by atoms with Gasteiger partial charge in [-0.15, -0.1) is 0 Å². The van der Waals surface area contributed by atoms with Crippen molar-refractivity contribution in [2.45, 2.75) is 23.9 Å². The molecule has 25 heavy (non-hydrogen) atoms. The molecule has 1 aliphatic heterocycles. The first-order valence-electron chi connectivity index (χ1n) is 7.78. The molecule has 3 rings (SSSR count). The van der Waals surface area contributed by atoms with Crippen molar-refractivity contribution in [1.82, 2.24) is 9.62 Å². The Bertz CT molecular complexity index is 964. The highest BCUT2D eigenvalue weighted by Crippen LogP contribution is 2.30. The molecule has 0 fully saturated rings. The van der Waals surface area contributed by atoms with E-state index in [1.807, 2.05) is 30.3 Å². The van der Waals surface area contributed by atoms with Crippen molar-refractivity contribution in [1.29, 1.82) is 5.26 Å². The first-order valence-corrected chi connectivity index (χ1v) is 9.22.